The maximum absolute atomic E-state index is 12.9. The van der Waals surface area contributed by atoms with E-state index in [0.29, 0.717) is 0 Å². The van der Waals surface area contributed by atoms with Gasteiger partial charge in [-0.05, 0) is 18.8 Å². The van der Waals surface area contributed by atoms with Crippen molar-refractivity contribution in [1.82, 2.24) is 26.6 Å². The topological polar surface area (TPSA) is 237 Å². The average molecular weight is 544 g/mol. The van der Waals surface area contributed by atoms with Gasteiger partial charge in [-0.2, -0.15) is 0 Å². The fourth-order valence-electron chi connectivity index (χ4n) is 3.19. The Kier molecular flexibility index (Phi) is 14.2. The predicted molar refractivity (Wildman–Crippen MR) is 131 cm³/mol. The minimum atomic E-state index is -1.59. The fraction of sp³-hybridized carbons (Fsp3) is 0.652. The zero-order chi connectivity index (χ0) is 29.7. The Hall–Kier alpha value is -4.04. The Bertz CT molecular complexity index is 920. The lowest BCUT2D eigenvalue weighted by atomic mass is 10.0. The van der Waals surface area contributed by atoms with Gasteiger partial charge in [0, 0.05) is 6.92 Å². The molecule has 0 radical (unpaired) electrons. The van der Waals surface area contributed by atoms with Gasteiger partial charge in [0.15, 0.2) is 0 Å². The molecule has 0 saturated heterocycles. The van der Waals surface area contributed by atoms with E-state index in [1.165, 1.54) is 13.8 Å². The first kappa shape index (κ1) is 34.0. The highest BCUT2D eigenvalue weighted by Gasteiger charge is 2.33. The van der Waals surface area contributed by atoms with Crippen LogP contribution in [-0.2, 0) is 38.4 Å². The van der Waals surface area contributed by atoms with Crippen molar-refractivity contribution in [1.29, 1.82) is 0 Å². The number of carboxylic acid groups (broad SMARTS) is 2. The summed E-state index contributed by atoms with van der Waals surface area (Å²) in [5, 5.41) is 29.6. The number of carbonyl (C=O) groups is 8. The molecule has 5 amide bonds. The fourth-order valence-corrected chi connectivity index (χ4v) is 3.19. The highest BCUT2D eigenvalue weighted by molar-refractivity contribution is 5.97. The number of rotatable bonds is 16. The Balaban J connectivity index is 5.55. The zero-order valence-electron chi connectivity index (χ0n) is 22.2. The Morgan fingerprint density at radius 1 is 0.632 bits per heavy atom. The maximum atomic E-state index is 12.9. The number of aldehydes is 1. The summed E-state index contributed by atoms with van der Waals surface area (Å²) in [6, 6.07) is -6.43. The molecule has 15 nitrogen and oxygen atoms in total. The zero-order valence-corrected chi connectivity index (χ0v) is 22.2. The van der Waals surface area contributed by atoms with Crippen LogP contribution < -0.4 is 26.6 Å². The molecule has 0 saturated carbocycles. The highest BCUT2D eigenvalue weighted by atomic mass is 16.4. The van der Waals surface area contributed by atoms with Crippen molar-refractivity contribution < 1.29 is 48.6 Å². The molecule has 0 aliphatic rings. The molecule has 214 valence electrons. The average Bonchev–Trinajstić information content (AvgIpc) is 2.78. The number of nitrogens with one attached hydrogen (secondary N) is 5. The molecule has 7 N–H and O–H groups in total. The van der Waals surface area contributed by atoms with E-state index in [1.807, 2.05) is 0 Å². The molecule has 0 fully saturated rings. The molecule has 0 aromatic heterocycles. The van der Waals surface area contributed by atoms with Gasteiger partial charge in [0.05, 0.1) is 18.9 Å². The minimum Gasteiger partial charge on any atom is -0.481 e. The molecule has 15 heteroatoms. The van der Waals surface area contributed by atoms with Gasteiger partial charge in [-0.3, -0.25) is 33.6 Å². The summed E-state index contributed by atoms with van der Waals surface area (Å²) >= 11 is 0. The minimum absolute atomic E-state index is 0.240. The van der Waals surface area contributed by atoms with Crippen molar-refractivity contribution in [3.63, 3.8) is 0 Å². The summed E-state index contributed by atoms with van der Waals surface area (Å²) in [7, 11) is 0. The van der Waals surface area contributed by atoms with Crippen LogP contribution in [0.2, 0.25) is 0 Å². The van der Waals surface area contributed by atoms with Crippen LogP contribution >= 0.6 is 0 Å². The first-order chi connectivity index (χ1) is 17.5. The number of aliphatic carboxylic acids is 2. The molecule has 0 aromatic carbocycles. The van der Waals surface area contributed by atoms with Gasteiger partial charge in [-0.25, -0.2) is 0 Å². The summed E-state index contributed by atoms with van der Waals surface area (Å²) in [5.74, 6) is -7.62. The smallest absolute Gasteiger partial charge is 0.305 e. The van der Waals surface area contributed by atoms with Gasteiger partial charge < -0.3 is 41.6 Å². The second-order valence-corrected chi connectivity index (χ2v) is 9.39. The van der Waals surface area contributed by atoms with Crippen LogP contribution in [0.3, 0.4) is 0 Å². The Labute approximate surface area is 219 Å². The lowest BCUT2D eigenvalue weighted by molar-refractivity contribution is -0.142. The normalized spacial score (nSPS) is 14.7. The van der Waals surface area contributed by atoms with Crippen LogP contribution in [0, 0.1) is 11.8 Å². The first-order valence-corrected chi connectivity index (χ1v) is 11.9. The van der Waals surface area contributed by atoms with Crippen LogP contribution in [0.5, 0.6) is 0 Å². The first-order valence-electron chi connectivity index (χ1n) is 11.9. The summed E-state index contributed by atoms with van der Waals surface area (Å²) < 4.78 is 0. The van der Waals surface area contributed by atoms with Gasteiger partial charge >= 0.3 is 11.9 Å². The van der Waals surface area contributed by atoms with Crippen molar-refractivity contribution in [2.75, 3.05) is 0 Å². The number of carbonyl (C=O) groups excluding carboxylic acids is 6. The van der Waals surface area contributed by atoms with E-state index in [9.17, 15) is 43.5 Å². The monoisotopic (exact) mass is 543 g/mol. The summed E-state index contributed by atoms with van der Waals surface area (Å²) in [6.45, 7) is 8.89. The summed E-state index contributed by atoms with van der Waals surface area (Å²) in [4.78, 5) is 95.3. The van der Waals surface area contributed by atoms with E-state index in [-0.39, 0.29) is 12.2 Å². The lowest BCUT2D eigenvalue weighted by Gasteiger charge is -2.27. The molecule has 0 rings (SSSR count). The third kappa shape index (κ3) is 12.3. The van der Waals surface area contributed by atoms with Crippen molar-refractivity contribution in [3.8, 4) is 0 Å². The van der Waals surface area contributed by atoms with E-state index in [1.54, 1.807) is 27.7 Å². The van der Waals surface area contributed by atoms with Crippen molar-refractivity contribution in [2.24, 2.45) is 11.8 Å². The molecular weight excluding hydrogens is 506 g/mol. The van der Waals surface area contributed by atoms with Crippen molar-refractivity contribution in [3.05, 3.63) is 0 Å². The van der Waals surface area contributed by atoms with Crippen LogP contribution in [0.15, 0.2) is 0 Å². The van der Waals surface area contributed by atoms with E-state index in [0.717, 1.165) is 0 Å². The van der Waals surface area contributed by atoms with Gasteiger partial charge in [0.2, 0.25) is 29.5 Å². The van der Waals surface area contributed by atoms with Crippen LogP contribution in [0.4, 0.5) is 0 Å². The molecule has 0 spiro atoms. The van der Waals surface area contributed by atoms with E-state index in [2.05, 4.69) is 26.6 Å². The molecule has 0 heterocycles. The van der Waals surface area contributed by atoms with Crippen molar-refractivity contribution in [2.45, 2.75) is 84.6 Å². The van der Waals surface area contributed by atoms with Gasteiger partial charge in [-0.1, -0.05) is 27.7 Å². The second-order valence-electron chi connectivity index (χ2n) is 9.39. The summed E-state index contributed by atoms with van der Waals surface area (Å²) in [5.41, 5.74) is 0. The molecule has 0 aliphatic carbocycles. The van der Waals surface area contributed by atoms with Crippen LogP contribution in [-0.4, -0.2) is 88.2 Å². The largest absolute Gasteiger partial charge is 0.481 e. The number of carboxylic acids is 2. The molecule has 0 aromatic rings. The van der Waals surface area contributed by atoms with Gasteiger partial charge in [0.1, 0.15) is 30.5 Å². The molecule has 38 heavy (non-hydrogen) atoms. The van der Waals surface area contributed by atoms with Crippen molar-refractivity contribution >= 4 is 47.8 Å². The quantitative estimate of drug-likeness (QED) is 0.105. The molecule has 0 unspecified atom stereocenters. The number of amides is 5. The van der Waals surface area contributed by atoms with Crippen LogP contribution in [0.25, 0.3) is 0 Å². The standard InChI is InChI=1S/C23H37N5O10/c1-10(2)18(25-13(6)30)23(38)27-15(8-17(33)34)21(36)28-19(11(3)4)22(37)24-12(5)20(35)26-14(9-29)7-16(31)32/h9-12,14-15,18-19H,7-8H2,1-6H3,(H,24,37)(H,25,30)(H,26,35)(H,27,38)(H,28,36)(H,31,32)(H,33,34)/t12-,14+,15+,18-,19-/m0/s1. The van der Waals surface area contributed by atoms with E-state index in [4.69, 9.17) is 5.11 Å². The maximum Gasteiger partial charge on any atom is 0.305 e. The molecule has 0 aliphatic heterocycles. The number of hydrogen-bond acceptors (Lipinski definition) is 8. The second kappa shape index (κ2) is 15.9. The molecule has 5 atom stereocenters. The Morgan fingerprint density at radius 2 is 1.11 bits per heavy atom. The van der Waals surface area contributed by atoms with Gasteiger partial charge in [0.25, 0.3) is 0 Å². The predicted octanol–water partition coefficient (Wildman–Crippen LogP) is -2.09. The number of hydrogen-bond donors (Lipinski definition) is 7. The third-order valence-corrected chi connectivity index (χ3v) is 5.21. The third-order valence-electron chi connectivity index (χ3n) is 5.21. The van der Waals surface area contributed by atoms with E-state index >= 15 is 0 Å². The molecule has 0 bridgehead atoms. The summed E-state index contributed by atoms with van der Waals surface area (Å²) in [6.07, 6.45) is -1.23. The van der Waals surface area contributed by atoms with Crippen LogP contribution in [0.1, 0.15) is 54.4 Å². The van der Waals surface area contributed by atoms with E-state index < -0.39 is 90.4 Å². The highest BCUT2D eigenvalue weighted by Crippen LogP contribution is 2.07. The Morgan fingerprint density at radius 3 is 1.53 bits per heavy atom. The SMILES string of the molecule is CC(=O)N[C@H](C(=O)N[C@H](CC(=O)O)C(=O)N[C@H](C(=O)N[C@@H](C)C(=O)N[C@@H](C=O)CC(=O)O)C(C)C)C(C)C. The molecular formula is C23H37N5O10. The lowest BCUT2D eigenvalue weighted by Crippen LogP contribution is -2.60. The van der Waals surface area contributed by atoms with Gasteiger partial charge in [-0.15, -0.1) is 0 Å².